The number of nitrogens with zero attached hydrogens (tertiary/aromatic N) is 1. The fourth-order valence-electron chi connectivity index (χ4n) is 2.80. The predicted molar refractivity (Wildman–Crippen MR) is 80.3 cm³/mol. The molecule has 0 radical (unpaired) electrons. The van der Waals surface area contributed by atoms with Crippen molar-refractivity contribution < 1.29 is 23.2 Å². The zero-order chi connectivity index (χ0) is 16.4. The van der Waals surface area contributed by atoms with Gasteiger partial charge in [0.1, 0.15) is 5.54 Å². The second-order valence-electron chi connectivity index (χ2n) is 5.76. The van der Waals surface area contributed by atoms with Crippen LogP contribution in [0.2, 0.25) is 0 Å². The van der Waals surface area contributed by atoms with E-state index in [-0.39, 0.29) is 31.3 Å². The Balaban J connectivity index is 0.00000264. The maximum atomic E-state index is 12.9. The standard InChI is InChI=1S/C13H20F2N4O3.ClH/c14-13(15,7-16)8-17-9(20)3-6-19-10(21)12(18-11(19)22)4-1-2-5-12;/h1-8,16H2,(H,17,20)(H,18,22);1H. The van der Waals surface area contributed by atoms with Gasteiger partial charge in [0.25, 0.3) is 11.8 Å². The molecule has 0 atom stereocenters. The van der Waals surface area contributed by atoms with Crippen molar-refractivity contribution in [2.75, 3.05) is 19.6 Å². The lowest BCUT2D eigenvalue weighted by molar-refractivity contribution is -0.131. The van der Waals surface area contributed by atoms with Crippen molar-refractivity contribution in [1.82, 2.24) is 15.5 Å². The Bertz CT molecular complexity index is 484. The number of urea groups is 1. The van der Waals surface area contributed by atoms with Crippen LogP contribution in [0.5, 0.6) is 0 Å². The number of hydrogen-bond acceptors (Lipinski definition) is 4. The van der Waals surface area contributed by atoms with Crippen LogP contribution in [0.3, 0.4) is 0 Å². The van der Waals surface area contributed by atoms with Crippen LogP contribution in [-0.2, 0) is 9.59 Å². The summed E-state index contributed by atoms with van der Waals surface area (Å²) in [5.74, 6) is -4.14. The molecule has 4 N–H and O–H groups in total. The highest BCUT2D eigenvalue weighted by Gasteiger charge is 2.52. The van der Waals surface area contributed by atoms with E-state index in [2.05, 4.69) is 5.32 Å². The zero-order valence-corrected chi connectivity index (χ0v) is 13.4. The molecule has 23 heavy (non-hydrogen) atoms. The van der Waals surface area contributed by atoms with Crippen LogP contribution in [0.25, 0.3) is 0 Å². The molecule has 0 unspecified atom stereocenters. The third kappa shape index (κ3) is 4.29. The molecule has 1 saturated carbocycles. The van der Waals surface area contributed by atoms with Crippen molar-refractivity contribution in [3.63, 3.8) is 0 Å². The molecular formula is C13H21ClF2N4O3. The first-order valence-corrected chi connectivity index (χ1v) is 7.28. The normalized spacial score (nSPS) is 19.7. The van der Waals surface area contributed by atoms with Gasteiger partial charge in [-0.2, -0.15) is 0 Å². The predicted octanol–water partition coefficient (Wildman–Crippen LogP) is 0.373. The van der Waals surface area contributed by atoms with Gasteiger partial charge in [-0.25, -0.2) is 13.6 Å². The number of imide groups is 1. The summed E-state index contributed by atoms with van der Waals surface area (Å²) < 4.78 is 25.8. The summed E-state index contributed by atoms with van der Waals surface area (Å²) in [6.07, 6.45) is 2.73. The highest BCUT2D eigenvalue weighted by atomic mass is 35.5. The first-order chi connectivity index (χ1) is 10.3. The van der Waals surface area contributed by atoms with Crippen molar-refractivity contribution in [2.45, 2.75) is 43.6 Å². The smallest absolute Gasteiger partial charge is 0.325 e. The SMILES string of the molecule is Cl.NCC(F)(F)CNC(=O)CCN1C(=O)NC2(CCCC2)C1=O. The van der Waals surface area contributed by atoms with E-state index in [1.165, 1.54) is 0 Å². The van der Waals surface area contributed by atoms with Gasteiger partial charge < -0.3 is 16.4 Å². The number of rotatable bonds is 6. The van der Waals surface area contributed by atoms with Gasteiger partial charge in [-0.05, 0) is 12.8 Å². The van der Waals surface area contributed by atoms with Crippen molar-refractivity contribution in [3.05, 3.63) is 0 Å². The second-order valence-corrected chi connectivity index (χ2v) is 5.76. The molecule has 0 aromatic carbocycles. The molecule has 2 rings (SSSR count). The van der Waals surface area contributed by atoms with Gasteiger partial charge >= 0.3 is 6.03 Å². The molecule has 1 spiro atoms. The molecule has 2 aliphatic rings. The Morgan fingerprint density at radius 1 is 1.35 bits per heavy atom. The molecule has 2 fully saturated rings. The largest absolute Gasteiger partial charge is 0.350 e. The Kier molecular flexibility index (Phi) is 6.29. The number of hydrogen-bond donors (Lipinski definition) is 3. The molecule has 1 saturated heterocycles. The number of nitrogens with one attached hydrogen (secondary N) is 2. The molecule has 10 heteroatoms. The van der Waals surface area contributed by atoms with Gasteiger partial charge in [0.05, 0.1) is 13.1 Å². The summed E-state index contributed by atoms with van der Waals surface area (Å²) in [6, 6.07) is -0.521. The van der Waals surface area contributed by atoms with Crippen LogP contribution < -0.4 is 16.4 Å². The number of amides is 4. The summed E-state index contributed by atoms with van der Waals surface area (Å²) in [5.41, 5.74) is 4.04. The topological polar surface area (TPSA) is 105 Å². The van der Waals surface area contributed by atoms with Crippen LogP contribution in [0.15, 0.2) is 0 Å². The number of carbonyl (C=O) groups is 3. The van der Waals surface area contributed by atoms with Crippen LogP contribution in [0.4, 0.5) is 13.6 Å². The van der Waals surface area contributed by atoms with Crippen molar-refractivity contribution in [3.8, 4) is 0 Å². The minimum atomic E-state index is -3.16. The van der Waals surface area contributed by atoms with Gasteiger partial charge in [0.15, 0.2) is 0 Å². The monoisotopic (exact) mass is 354 g/mol. The summed E-state index contributed by atoms with van der Waals surface area (Å²) in [4.78, 5) is 36.7. The van der Waals surface area contributed by atoms with E-state index < -0.39 is 36.5 Å². The first-order valence-electron chi connectivity index (χ1n) is 7.28. The summed E-state index contributed by atoms with van der Waals surface area (Å²) in [5, 5.41) is 4.74. The maximum Gasteiger partial charge on any atom is 0.325 e. The number of halogens is 3. The van der Waals surface area contributed by atoms with Crippen molar-refractivity contribution in [2.24, 2.45) is 5.73 Å². The first kappa shape index (κ1) is 19.6. The quantitative estimate of drug-likeness (QED) is 0.599. The summed E-state index contributed by atoms with van der Waals surface area (Å²) in [7, 11) is 0. The Labute approximate surface area is 138 Å². The van der Waals surface area contributed by atoms with Crippen molar-refractivity contribution >= 4 is 30.3 Å². The third-order valence-corrected chi connectivity index (χ3v) is 4.11. The highest BCUT2D eigenvalue weighted by molar-refractivity contribution is 6.07. The van der Waals surface area contributed by atoms with Gasteiger partial charge in [0, 0.05) is 13.0 Å². The Morgan fingerprint density at radius 2 is 1.96 bits per heavy atom. The molecule has 0 bridgehead atoms. The minimum Gasteiger partial charge on any atom is -0.350 e. The van der Waals surface area contributed by atoms with Crippen LogP contribution >= 0.6 is 12.4 Å². The van der Waals surface area contributed by atoms with Gasteiger partial charge in [-0.1, -0.05) is 12.8 Å². The molecule has 0 aromatic heterocycles. The van der Waals surface area contributed by atoms with E-state index >= 15 is 0 Å². The molecule has 4 amide bonds. The third-order valence-electron chi connectivity index (χ3n) is 4.11. The molecule has 1 aliphatic heterocycles. The van der Waals surface area contributed by atoms with E-state index in [0.29, 0.717) is 12.8 Å². The van der Waals surface area contributed by atoms with E-state index in [1.807, 2.05) is 5.32 Å². The minimum absolute atomic E-state index is 0. The van der Waals surface area contributed by atoms with E-state index in [1.54, 1.807) is 0 Å². The van der Waals surface area contributed by atoms with Gasteiger partial charge in [-0.3, -0.25) is 14.5 Å². The van der Waals surface area contributed by atoms with Gasteiger partial charge in [-0.15, -0.1) is 12.4 Å². The van der Waals surface area contributed by atoms with E-state index in [0.717, 1.165) is 17.7 Å². The summed E-state index contributed by atoms with van der Waals surface area (Å²) in [6.45, 7) is -1.83. The average molecular weight is 355 g/mol. The van der Waals surface area contributed by atoms with Crippen LogP contribution in [0, 0.1) is 0 Å². The van der Waals surface area contributed by atoms with E-state index in [4.69, 9.17) is 5.73 Å². The maximum absolute atomic E-state index is 12.9. The lowest BCUT2D eigenvalue weighted by Gasteiger charge is -2.20. The summed E-state index contributed by atoms with van der Waals surface area (Å²) >= 11 is 0. The fraction of sp³-hybridized carbons (Fsp3) is 0.769. The molecular weight excluding hydrogens is 334 g/mol. The number of alkyl halides is 2. The lowest BCUT2D eigenvalue weighted by Crippen LogP contribution is -2.44. The zero-order valence-electron chi connectivity index (χ0n) is 12.6. The average Bonchev–Trinajstić information content (AvgIpc) is 3.02. The highest BCUT2D eigenvalue weighted by Crippen LogP contribution is 2.34. The molecule has 1 heterocycles. The van der Waals surface area contributed by atoms with Crippen LogP contribution in [-0.4, -0.2) is 53.8 Å². The van der Waals surface area contributed by atoms with E-state index in [9.17, 15) is 23.2 Å². The fourth-order valence-corrected chi connectivity index (χ4v) is 2.80. The molecule has 7 nitrogen and oxygen atoms in total. The van der Waals surface area contributed by atoms with Crippen LogP contribution in [0.1, 0.15) is 32.1 Å². The van der Waals surface area contributed by atoms with Crippen molar-refractivity contribution in [1.29, 1.82) is 0 Å². The molecule has 0 aromatic rings. The molecule has 1 aliphatic carbocycles. The second kappa shape index (κ2) is 7.39. The number of nitrogens with two attached hydrogens (primary N) is 1. The Morgan fingerprint density at radius 3 is 2.52 bits per heavy atom. The molecule has 132 valence electrons. The number of carbonyl (C=O) groups excluding carboxylic acids is 3. The van der Waals surface area contributed by atoms with Gasteiger partial charge in [0.2, 0.25) is 5.91 Å². The lowest BCUT2D eigenvalue weighted by atomic mass is 9.98. The Hall–Kier alpha value is -1.48.